The first-order valence-corrected chi connectivity index (χ1v) is 4.38. The van der Waals surface area contributed by atoms with Crippen LogP contribution in [0.5, 0.6) is 0 Å². The molecule has 1 rings (SSSR count). The van der Waals surface area contributed by atoms with E-state index in [0.29, 0.717) is 6.04 Å². The number of hydrogen-bond donors (Lipinski definition) is 0. The summed E-state index contributed by atoms with van der Waals surface area (Å²) < 4.78 is 0. The molecule has 0 bridgehead atoms. The fourth-order valence-corrected chi connectivity index (χ4v) is 0.843. The van der Waals surface area contributed by atoms with E-state index in [0.717, 1.165) is 0 Å². The Morgan fingerprint density at radius 2 is 1.79 bits per heavy atom. The van der Waals surface area contributed by atoms with Crippen LogP contribution in [0.2, 0.25) is 0 Å². The van der Waals surface area contributed by atoms with Crippen molar-refractivity contribution in [2.24, 2.45) is 0 Å². The van der Waals surface area contributed by atoms with Crippen molar-refractivity contribution in [1.29, 1.82) is 0 Å². The maximum atomic E-state index is 3.71. The van der Waals surface area contributed by atoms with Gasteiger partial charge in [0.25, 0.3) is 0 Å². The maximum absolute atomic E-state index is 3.71. The van der Waals surface area contributed by atoms with Gasteiger partial charge in [0.1, 0.15) is 0 Å². The molecule has 1 heterocycles. The van der Waals surface area contributed by atoms with Crippen molar-refractivity contribution >= 4 is 12.4 Å². The van der Waals surface area contributed by atoms with Gasteiger partial charge in [0.15, 0.2) is 0 Å². The summed E-state index contributed by atoms with van der Waals surface area (Å²) in [6.07, 6.45) is 10.1. The lowest BCUT2D eigenvalue weighted by atomic mass is 10.2. The van der Waals surface area contributed by atoms with Gasteiger partial charge in [-0.2, -0.15) is 0 Å². The van der Waals surface area contributed by atoms with Crippen LogP contribution in [-0.2, 0) is 0 Å². The van der Waals surface area contributed by atoms with E-state index >= 15 is 0 Å². The van der Waals surface area contributed by atoms with Gasteiger partial charge in [-0.15, -0.1) is 19.0 Å². The summed E-state index contributed by atoms with van der Waals surface area (Å²) in [4.78, 5) is 4.10. The van der Waals surface area contributed by atoms with Gasteiger partial charge in [-0.3, -0.25) is 0 Å². The first-order chi connectivity index (χ1) is 6.07. The largest absolute Gasteiger partial charge is 0.371 e. The number of rotatable bonds is 1. The standard InChI is InChI=1S/C8H11N.C3H9N.ClH/c1-3-8-6-4-5-7-9(8)2;1-4(2)3;/h3-8H,1H2,2H3;1-3H3;1H. The molecule has 0 aromatic heterocycles. The van der Waals surface area contributed by atoms with Crippen molar-refractivity contribution in [3.63, 3.8) is 0 Å². The average molecular weight is 217 g/mol. The number of allylic oxidation sites excluding steroid dienone is 2. The molecule has 0 amide bonds. The van der Waals surface area contributed by atoms with Crippen LogP contribution in [0, 0.1) is 0 Å². The lowest BCUT2D eigenvalue weighted by molar-refractivity contribution is 0.434. The summed E-state index contributed by atoms with van der Waals surface area (Å²) in [5.41, 5.74) is 0. The predicted octanol–water partition coefficient (Wildman–Crippen LogP) is 2.16. The van der Waals surface area contributed by atoms with Gasteiger partial charge in [0.05, 0.1) is 6.04 Å². The highest BCUT2D eigenvalue weighted by molar-refractivity contribution is 5.85. The first kappa shape index (κ1) is 15.7. The molecule has 0 aromatic carbocycles. The second-order valence-electron chi connectivity index (χ2n) is 3.46. The Kier molecular flexibility index (Phi) is 9.94. The molecule has 1 aliphatic heterocycles. The first-order valence-electron chi connectivity index (χ1n) is 4.38. The SMILES string of the molecule is C=CC1C=CC=CN1C.CN(C)C.Cl. The summed E-state index contributed by atoms with van der Waals surface area (Å²) in [6.45, 7) is 3.71. The summed E-state index contributed by atoms with van der Waals surface area (Å²) in [7, 11) is 8.03. The van der Waals surface area contributed by atoms with Crippen molar-refractivity contribution < 1.29 is 0 Å². The Bertz CT molecular complexity index is 195. The molecule has 0 radical (unpaired) electrons. The third-order valence-corrected chi connectivity index (χ3v) is 1.45. The molecular formula is C11H21ClN2. The minimum absolute atomic E-state index is 0. The van der Waals surface area contributed by atoms with Crippen molar-refractivity contribution in [3.05, 3.63) is 37.1 Å². The van der Waals surface area contributed by atoms with Gasteiger partial charge in [0.2, 0.25) is 0 Å². The third kappa shape index (κ3) is 7.90. The average Bonchev–Trinajstić information content (AvgIpc) is 2.04. The summed E-state index contributed by atoms with van der Waals surface area (Å²) in [5.74, 6) is 0. The number of hydrogen-bond acceptors (Lipinski definition) is 2. The fraction of sp³-hybridized carbons (Fsp3) is 0.455. The minimum Gasteiger partial charge on any atom is -0.371 e. The van der Waals surface area contributed by atoms with Crippen molar-refractivity contribution in [2.45, 2.75) is 6.04 Å². The molecule has 0 aliphatic carbocycles. The highest BCUT2D eigenvalue weighted by atomic mass is 35.5. The maximum Gasteiger partial charge on any atom is 0.0648 e. The van der Waals surface area contributed by atoms with Crippen LogP contribution in [0.1, 0.15) is 0 Å². The van der Waals surface area contributed by atoms with Crippen molar-refractivity contribution in [1.82, 2.24) is 9.80 Å². The van der Waals surface area contributed by atoms with Crippen LogP contribution in [0.3, 0.4) is 0 Å². The quantitative estimate of drug-likeness (QED) is 0.620. The molecular weight excluding hydrogens is 196 g/mol. The molecule has 0 spiro atoms. The Labute approximate surface area is 94.0 Å². The van der Waals surface area contributed by atoms with Gasteiger partial charge in [0, 0.05) is 7.05 Å². The Balaban J connectivity index is 0. The second kappa shape index (κ2) is 8.85. The molecule has 1 unspecified atom stereocenters. The van der Waals surface area contributed by atoms with Gasteiger partial charge in [-0.05, 0) is 33.4 Å². The molecule has 0 saturated carbocycles. The van der Waals surface area contributed by atoms with Crippen LogP contribution in [0.25, 0.3) is 0 Å². The van der Waals surface area contributed by atoms with Crippen LogP contribution >= 0.6 is 12.4 Å². The van der Waals surface area contributed by atoms with E-state index in [4.69, 9.17) is 0 Å². The van der Waals surface area contributed by atoms with Gasteiger partial charge in [-0.1, -0.05) is 18.2 Å². The molecule has 2 nitrogen and oxygen atoms in total. The number of halogens is 1. The van der Waals surface area contributed by atoms with Crippen molar-refractivity contribution in [2.75, 3.05) is 28.2 Å². The van der Waals surface area contributed by atoms with E-state index in [1.165, 1.54) is 0 Å². The monoisotopic (exact) mass is 216 g/mol. The van der Waals surface area contributed by atoms with Gasteiger partial charge >= 0.3 is 0 Å². The summed E-state index contributed by atoms with van der Waals surface area (Å²) >= 11 is 0. The zero-order chi connectivity index (χ0) is 10.3. The smallest absolute Gasteiger partial charge is 0.0648 e. The molecule has 14 heavy (non-hydrogen) atoms. The predicted molar refractivity (Wildman–Crippen MR) is 66.9 cm³/mol. The van der Waals surface area contributed by atoms with Crippen LogP contribution in [-0.4, -0.2) is 44.0 Å². The number of nitrogens with zero attached hydrogens (tertiary/aromatic N) is 2. The molecule has 0 aromatic rings. The molecule has 82 valence electrons. The number of likely N-dealkylation sites (N-methyl/N-ethyl adjacent to an activating group) is 1. The van der Waals surface area contributed by atoms with Crippen molar-refractivity contribution in [3.8, 4) is 0 Å². The molecule has 1 aliphatic rings. The van der Waals surface area contributed by atoms with E-state index in [-0.39, 0.29) is 12.4 Å². The molecule has 1 atom stereocenters. The molecule has 0 N–H and O–H groups in total. The Morgan fingerprint density at radius 3 is 2.07 bits per heavy atom. The molecule has 0 saturated heterocycles. The van der Waals surface area contributed by atoms with Gasteiger partial charge < -0.3 is 9.80 Å². The highest BCUT2D eigenvalue weighted by Crippen LogP contribution is 2.04. The highest BCUT2D eigenvalue weighted by Gasteiger charge is 2.03. The fourth-order valence-electron chi connectivity index (χ4n) is 0.843. The van der Waals surface area contributed by atoms with E-state index in [9.17, 15) is 0 Å². The molecule has 0 fully saturated rings. The topological polar surface area (TPSA) is 6.48 Å². The lowest BCUT2D eigenvalue weighted by Gasteiger charge is -2.22. The van der Waals surface area contributed by atoms with E-state index < -0.39 is 0 Å². The van der Waals surface area contributed by atoms with Crippen LogP contribution < -0.4 is 0 Å². The van der Waals surface area contributed by atoms with Crippen LogP contribution in [0.15, 0.2) is 37.1 Å². The molecule has 3 heteroatoms. The Hall–Kier alpha value is -0.730. The summed E-state index contributed by atoms with van der Waals surface area (Å²) in [6, 6.07) is 0.384. The summed E-state index contributed by atoms with van der Waals surface area (Å²) in [5, 5.41) is 0. The van der Waals surface area contributed by atoms with E-state index in [1.54, 1.807) is 0 Å². The second-order valence-corrected chi connectivity index (χ2v) is 3.46. The zero-order valence-electron chi connectivity index (χ0n) is 9.47. The Morgan fingerprint density at radius 1 is 1.29 bits per heavy atom. The zero-order valence-corrected chi connectivity index (χ0v) is 10.3. The van der Waals surface area contributed by atoms with E-state index in [1.807, 2.05) is 57.5 Å². The lowest BCUT2D eigenvalue weighted by Crippen LogP contribution is -2.23. The van der Waals surface area contributed by atoms with Gasteiger partial charge in [-0.25, -0.2) is 0 Å². The third-order valence-electron chi connectivity index (χ3n) is 1.45. The minimum atomic E-state index is 0. The normalized spacial score (nSPS) is 18.4. The van der Waals surface area contributed by atoms with E-state index in [2.05, 4.69) is 17.6 Å². The van der Waals surface area contributed by atoms with Crippen LogP contribution in [0.4, 0.5) is 0 Å².